The van der Waals surface area contributed by atoms with Crippen molar-refractivity contribution < 1.29 is 8.42 Å². The van der Waals surface area contributed by atoms with Crippen molar-refractivity contribution in [1.29, 1.82) is 0 Å². The highest BCUT2D eigenvalue weighted by Crippen LogP contribution is 2.21. The molecule has 0 amide bonds. The Hall–Kier alpha value is -1.18. The molecule has 0 aliphatic carbocycles. The van der Waals surface area contributed by atoms with Gasteiger partial charge >= 0.3 is 0 Å². The van der Waals surface area contributed by atoms with Crippen molar-refractivity contribution in [2.75, 3.05) is 6.54 Å². The monoisotopic (exact) mass is 313 g/mol. The third kappa shape index (κ3) is 3.28. The summed E-state index contributed by atoms with van der Waals surface area (Å²) in [5.41, 5.74) is 2.03. The smallest absolute Gasteiger partial charge is 0.250 e. The predicted molar refractivity (Wildman–Crippen MR) is 80.6 cm³/mol. The molecule has 0 saturated carbocycles. The van der Waals surface area contributed by atoms with Gasteiger partial charge in [0.2, 0.25) is 10.0 Å². The first-order valence-corrected chi connectivity index (χ1v) is 8.80. The van der Waals surface area contributed by atoms with Gasteiger partial charge in [0.1, 0.15) is 4.21 Å². The van der Waals surface area contributed by atoms with Gasteiger partial charge in [0, 0.05) is 23.7 Å². The van der Waals surface area contributed by atoms with Crippen LogP contribution >= 0.6 is 11.3 Å². The highest BCUT2D eigenvalue weighted by Gasteiger charge is 2.16. The van der Waals surface area contributed by atoms with Crippen LogP contribution in [0.2, 0.25) is 0 Å². The van der Waals surface area contributed by atoms with Gasteiger partial charge in [-0.05, 0) is 32.4 Å². The second-order valence-corrected chi connectivity index (χ2v) is 7.74. The van der Waals surface area contributed by atoms with Crippen LogP contribution in [0, 0.1) is 13.8 Å². The van der Waals surface area contributed by atoms with Crippen molar-refractivity contribution in [3.8, 4) is 0 Å². The van der Waals surface area contributed by atoms with E-state index >= 15 is 0 Å². The Bertz CT molecular complexity index is 686. The maximum atomic E-state index is 12.1. The third-order valence-electron chi connectivity index (χ3n) is 3.24. The van der Waals surface area contributed by atoms with E-state index in [0.717, 1.165) is 22.7 Å². The molecule has 2 aromatic rings. The number of aryl methyl sites for hydroxylation is 2. The zero-order chi connectivity index (χ0) is 14.8. The molecule has 7 heteroatoms. The van der Waals surface area contributed by atoms with Crippen LogP contribution in [0.1, 0.15) is 23.2 Å². The topological polar surface area (TPSA) is 64.0 Å². The fourth-order valence-electron chi connectivity index (χ4n) is 1.83. The molecule has 0 aliphatic heterocycles. The minimum atomic E-state index is -3.39. The second kappa shape index (κ2) is 6.07. The first kappa shape index (κ1) is 15.2. The van der Waals surface area contributed by atoms with Crippen LogP contribution in [0.3, 0.4) is 0 Å². The molecule has 0 fully saturated rings. The van der Waals surface area contributed by atoms with E-state index in [4.69, 9.17) is 0 Å². The van der Waals surface area contributed by atoms with E-state index in [1.807, 2.05) is 31.4 Å². The average molecular weight is 313 g/mol. The Morgan fingerprint density at radius 1 is 1.35 bits per heavy atom. The molecule has 0 aliphatic rings. The molecule has 110 valence electrons. The summed E-state index contributed by atoms with van der Waals surface area (Å²) in [6, 6.07) is 3.53. The number of rotatable bonds is 6. The molecule has 0 unspecified atom stereocenters. The van der Waals surface area contributed by atoms with E-state index in [2.05, 4.69) is 9.71 Å². The Balaban J connectivity index is 1.97. The summed E-state index contributed by atoms with van der Waals surface area (Å²) in [6.45, 7) is 6.87. The van der Waals surface area contributed by atoms with Crippen LogP contribution in [-0.2, 0) is 23.0 Å². The number of thiophene rings is 1. The molecule has 5 nitrogen and oxygen atoms in total. The zero-order valence-corrected chi connectivity index (χ0v) is 13.5. The number of hydrogen-bond donors (Lipinski definition) is 1. The second-order valence-electron chi connectivity index (χ2n) is 4.58. The summed E-state index contributed by atoms with van der Waals surface area (Å²) in [5.74, 6) is 0. The van der Waals surface area contributed by atoms with Crippen molar-refractivity contribution >= 4 is 21.4 Å². The molecule has 2 rings (SSSR count). The van der Waals surface area contributed by atoms with Crippen molar-refractivity contribution in [2.45, 2.75) is 37.9 Å². The minimum absolute atomic E-state index is 0.359. The van der Waals surface area contributed by atoms with Crippen LogP contribution in [0.25, 0.3) is 0 Å². The molecule has 0 aromatic carbocycles. The van der Waals surface area contributed by atoms with Crippen molar-refractivity contribution in [3.05, 3.63) is 34.7 Å². The van der Waals surface area contributed by atoms with Gasteiger partial charge in [0.25, 0.3) is 0 Å². The summed E-state index contributed by atoms with van der Waals surface area (Å²) in [5, 5.41) is 0. The van der Waals surface area contributed by atoms with Gasteiger partial charge in [-0.3, -0.25) is 0 Å². The van der Waals surface area contributed by atoms with Crippen LogP contribution < -0.4 is 4.72 Å². The van der Waals surface area contributed by atoms with E-state index < -0.39 is 10.0 Å². The molecule has 2 heterocycles. The van der Waals surface area contributed by atoms with Gasteiger partial charge < -0.3 is 4.57 Å². The van der Waals surface area contributed by atoms with Gasteiger partial charge in [0.15, 0.2) is 0 Å². The van der Waals surface area contributed by atoms with Crippen LogP contribution in [0.4, 0.5) is 0 Å². The van der Waals surface area contributed by atoms with E-state index in [9.17, 15) is 8.42 Å². The lowest BCUT2D eigenvalue weighted by atomic mass is 10.4. The summed E-state index contributed by atoms with van der Waals surface area (Å²) in [7, 11) is -3.39. The lowest BCUT2D eigenvalue weighted by molar-refractivity contribution is 0.573. The van der Waals surface area contributed by atoms with E-state index in [1.54, 1.807) is 12.4 Å². The largest absolute Gasteiger partial charge is 0.333 e. The standard InChI is InChI=1S/C13H19N3O2S2/c1-4-12-5-6-13(19-12)20(17,18)15-7-8-16-9-14-10(2)11(16)3/h5-6,9,15H,4,7-8H2,1-3H3. The normalized spacial score (nSPS) is 11.9. The molecule has 0 saturated heterocycles. The summed E-state index contributed by atoms with van der Waals surface area (Å²) >= 11 is 1.32. The number of imidazole rings is 1. The average Bonchev–Trinajstić information content (AvgIpc) is 3.01. The predicted octanol–water partition coefficient (Wildman–Crippen LogP) is 2.10. The number of aromatic nitrogens is 2. The first-order chi connectivity index (χ1) is 9.44. The van der Waals surface area contributed by atoms with Gasteiger partial charge in [-0.2, -0.15) is 0 Å². The van der Waals surface area contributed by atoms with Crippen molar-refractivity contribution in [3.63, 3.8) is 0 Å². The Labute approximate surface area is 123 Å². The van der Waals surface area contributed by atoms with Gasteiger partial charge in [-0.15, -0.1) is 11.3 Å². The molecule has 1 N–H and O–H groups in total. The molecular weight excluding hydrogens is 294 g/mol. The molecule has 20 heavy (non-hydrogen) atoms. The number of hydrogen-bond acceptors (Lipinski definition) is 4. The molecule has 0 bridgehead atoms. The van der Waals surface area contributed by atoms with Crippen LogP contribution in [0.15, 0.2) is 22.7 Å². The Morgan fingerprint density at radius 3 is 2.65 bits per heavy atom. The number of sulfonamides is 1. The van der Waals surface area contributed by atoms with Crippen LogP contribution in [0.5, 0.6) is 0 Å². The molecule has 2 aromatic heterocycles. The lowest BCUT2D eigenvalue weighted by Gasteiger charge is -2.07. The lowest BCUT2D eigenvalue weighted by Crippen LogP contribution is -2.26. The SMILES string of the molecule is CCc1ccc(S(=O)(=O)NCCn2cnc(C)c2C)s1. The van der Waals surface area contributed by atoms with E-state index in [-0.39, 0.29) is 0 Å². The maximum absolute atomic E-state index is 12.1. The Morgan fingerprint density at radius 2 is 2.10 bits per heavy atom. The highest BCUT2D eigenvalue weighted by molar-refractivity contribution is 7.91. The Kier molecular flexibility index (Phi) is 4.62. The fourth-order valence-corrected chi connectivity index (χ4v) is 4.19. The van der Waals surface area contributed by atoms with Crippen molar-refractivity contribution in [2.24, 2.45) is 0 Å². The molecule has 0 radical (unpaired) electrons. The van der Waals surface area contributed by atoms with Gasteiger partial charge in [-0.1, -0.05) is 6.92 Å². The van der Waals surface area contributed by atoms with Gasteiger partial charge in [0.05, 0.1) is 12.0 Å². The molecular formula is C13H19N3O2S2. The zero-order valence-electron chi connectivity index (χ0n) is 11.9. The number of nitrogens with zero attached hydrogens (tertiary/aromatic N) is 2. The van der Waals surface area contributed by atoms with E-state index in [1.165, 1.54) is 11.3 Å². The molecule has 0 atom stereocenters. The minimum Gasteiger partial charge on any atom is -0.333 e. The quantitative estimate of drug-likeness (QED) is 0.888. The summed E-state index contributed by atoms with van der Waals surface area (Å²) in [6.07, 6.45) is 2.59. The fraction of sp³-hybridized carbons (Fsp3) is 0.462. The maximum Gasteiger partial charge on any atom is 0.250 e. The third-order valence-corrected chi connectivity index (χ3v) is 6.42. The highest BCUT2D eigenvalue weighted by atomic mass is 32.2. The molecule has 0 spiro atoms. The van der Waals surface area contributed by atoms with Crippen LogP contribution in [-0.4, -0.2) is 24.5 Å². The number of nitrogens with one attached hydrogen (secondary N) is 1. The van der Waals surface area contributed by atoms with E-state index in [0.29, 0.717) is 17.3 Å². The first-order valence-electron chi connectivity index (χ1n) is 6.50. The van der Waals surface area contributed by atoms with Crippen molar-refractivity contribution in [1.82, 2.24) is 14.3 Å². The summed E-state index contributed by atoms with van der Waals surface area (Å²) < 4.78 is 29.2. The summed E-state index contributed by atoms with van der Waals surface area (Å²) in [4.78, 5) is 5.27. The van der Waals surface area contributed by atoms with Gasteiger partial charge in [-0.25, -0.2) is 18.1 Å².